The molecule has 1 aliphatic rings. The number of nitrogens with two attached hydrogens (primary N) is 1. The first-order valence-corrected chi connectivity index (χ1v) is 5.84. The SMILES string of the molecule is CC1CCCC(NCCOC(N)=O)CC1. The normalized spacial score (nSPS) is 27.0. The maximum Gasteiger partial charge on any atom is 0.404 e. The second-order valence-corrected chi connectivity index (χ2v) is 4.43. The first-order valence-electron chi connectivity index (χ1n) is 5.84. The molecule has 0 aliphatic heterocycles. The van der Waals surface area contributed by atoms with Gasteiger partial charge in [-0.25, -0.2) is 4.79 Å². The molecule has 0 spiro atoms. The number of hydrogen-bond donors (Lipinski definition) is 2. The lowest BCUT2D eigenvalue weighted by Crippen LogP contribution is -2.32. The largest absolute Gasteiger partial charge is 0.448 e. The van der Waals surface area contributed by atoms with Crippen molar-refractivity contribution < 1.29 is 9.53 Å². The van der Waals surface area contributed by atoms with Crippen LogP contribution >= 0.6 is 0 Å². The predicted molar refractivity (Wildman–Crippen MR) is 59.6 cm³/mol. The van der Waals surface area contributed by atoms with E-state index >= 15 is 0 Å². The van der Waals surface area contributed by atoms with Crippen molar-refractivity contribution in [1.29, 1.82) is 0 Å². The van der Waals surface area contributed by atoms with Crippen LogP contribution in [0, 0.1) is 5.92 Å². The Morgan fingerprint density at radius 1 is 1.40 bits per heavy atom. The molecule has 0 aromatic rings. The highest BCUT2D eigenvalue weighted by Gasteiger charge is 2.15. The van der Waals surface area contributed by atoms with E-state index in [1.807, 2.05) is 0 Å². The predicted octanol–water partition coefficient (Wildman–Crippen LogP) is 1.64. The molecule has 0 saturated heterocycles. The smallest absolute Gasteiger partial charge is 0.404 e. The van der Waals surface area contributed by atoms with Crippen LogP contribution in [0.1, 0.15) is 39.0 Å². The molecular formula is C11H22N2O2. The summed E-state index contributed by atoms with van der Waals surface area (Å²) in [4.78, 5) is 10.3. The van der Waals surface area contributed by atoms with Gasteiger partial charge in [-0.3, -0.25) is 0 Å². The lowest BCUT2D eigenvalue weighted by molar-refractivity contribution is 0.155. The number of carbonyl (C=O) groups excluding carboxylic acids is 1. The van der Waals surface area contributed by atoms with E-state index in [-0.39, 0.29) is 0 Å². The highest BCUT2D eigenvalue weighted by atomic mass is 16.5. The molecule has 1 aliphatic carbocycles. The van der Waals surface area contributed by atoms with Crippen LogP contribution < -0.4 is 11.1 Å². The Hall–Kier alpha value is -0.770. The van der Waals surface area contributed by atoms with Crippen LogP contribution in [-0.2, 0) is 4.74 Å². The zero-order valence-electron chi connectivity index (χ0n) is 9.50. The summed E-state index contributed by atoms with van der Waals surface area (Å²) in [6.07, 6.45) is 5.73. The average molecular weight is 214 g/mol. The number of carbonyl (C=O) groups is 1. The minimum absolute atomic E-state index is 0.376. The molecule has 4 heteroatoms. The molecule has 1 amide bonds. The van der Waals surface area contributed by atoms with Crippen molar-refractivity contribution >= 4 is 6.09 Å². The number of nitrogens with one attached hydrogen (secondary N) is 1. The van der Waals surface area contributed by atoms with Gasteiger partial charge in [0.25, 0.3) is 0 Å². The maximum atomic E-state index is 10.3. The summed E-state index contributed by atoms with van der Waals surface area (Å²) in [5.74, 6) is 0.860. The molecule has 3 N–H and O–H groups in total. The van der Waals surface area contributed by atoms with E-state index in [9.17, 15) is 4.79 Å². The van der Waals surface area contributed by atoms with E-state index in [0.29, 0.717) is 19.2 Å². The van der Waals surface area contributed by atoms with E-state index in [4.69, 9.17) is 5.73 Å². The monoisotopic (exact) mass is 214 g/mol. The number of amides is 1. The number of rotatable bonds is 4. The molecule has 0 radical (unpaired) electrons. The summed E-state index contributed by atoms with van der Waals surface area (Å²) < 4.78 is 4.66. The fraction of sp³-hybridized carbons (Fsp3) is 0.909. The average Bonchev–Trinajstić information content (AvgIpc) is 2.38. The summed E-state index contributed by atoms with van der Waals surface area (Å²) in [6, 6.07) is 0.589. The van der Waals surface area contributed by atoms with Crippen molar-refractivity contribution in [3.8, 4) is 0 Å². The van der Waals surface area contributed by atoms with Crippen molar-refractivity contribution in [2.45, 2.75) is 45.1 Å². The molecule has 0 aromatic carbocycles. The van der Waals surface area contributed by atoms with Crippen LogP contribution in [0.4, 0.5) is 4.79 Å². The van der Waals surface area contributed by atoms with E-state index in [1.54, 1.807) is 0 Å². The second-order valence-electron chi connectivity index (χ2n) is 4.43. The van der Waals surface area contributed by atoms with Crippen molar-refractivity contribution in [1.82, 2.24) is 5.32 Å². The Balaban J connectivity index is 2.07. The van der Waals surface area contributed by atoms with Gasteiger partial charge in [0, 0.05) is 12.6 Å². The Labute approximate surface area is 91.5 Å². The van der Waals surface area contributed by atoms with Crippen LogP contribution in [0.3, 0.4) is 0 Å². The van der Waals surface area contributed by atoms with Crippen molar-refractivity contribution in [3.05, 3.63) is 0 Å². The van der Waals surface area contributed by atoms with Crippen LogP contribution in [0.5, 0.6) is 0 Å². The summed E-state index contributed by atoms with van der Waals surface area (Å²) in [6.45, 7) is 3.40. The van der Waals surface area contributed by atoms with Gasteiger partial charge in [-0.15, -0.1) is 0 Å². The van der Waals surface area contributed by atoms with Gasteiger partial charge in [0.15, 0.2) is 0 Å². The fourth-order valence-electron chi connectivity index (χ4n) is 2.11. The van der Waals surface area contributed by atoms with E-state index in [1.165, 1.54) is 32.1 Å². The van der Waals surface area contributed by atoms with Gasteiger partial charge in [0.05, 0.1) is 0 Å². The minimum atomic E-state index is -0.689. The Morgan fingerprint density at radius 3 is 2.93 bits per heavy atom. The molecule has 2 atom stereocenters. The zero-order chi connectivity index (χ0) is 11.1. The topological polar surface area (TPSA) is 64.3 Å². The van der Waals surface area contributed by atoms with E-state index in [0.717, 1.165) is 5.92 Å². The Kier molecular flexibility index (Phi) is 5.47. The third kappa shape index (κ3) is 5.62. The lowest BCUT2D eigenvalue weighted by atomic mass is 10.0. The number of hydrogen-bond acceptors (Lipinski definition) is 3. The van der Waals surface area contributed by atoms with E-state index in [2.05, 4.69) is 17.0 Å². The summed E-state index contributed by atoms with van der Waals surface area (Å²) in [5.41, 5.74) is 4.87. The molecule has 0 bridgehead atoms. The number of primary amides is 1. The standard InChI is InChI=1S/C11H22N2O2/c1-9-3-2-4-10(6-5-9)13-7-8-15-11(12)14/h9-10,13H,2-8H2,1H3,(H2,12,14). The molecule has 0 aromatic heterocycles. The van der Waals surface area contributed by atoms with Crippen LogP contribution in [0.15, 0.2) is 0 Å². The summed E-state index contributed by atoms with van der Waals surface area (Å²) in [7, 11) is 0. The second kappa shape index (κ2) is 6.67. The quantitative estimate of drug-likeness (QED) is 0.552. The van der Waals surface area contributed by atoms with Crippen molar-refractivity contribution in [2.75, 3.05) is 13.2 Å². The first-order chi connectivity index (χ1) is 7.18. The van der Waals surface area contributed by atoms with Crippen LogP contribution in [-0.4, -0.2) is 25.3 Å². The fourth-order valence-corrected chi connectivity index (χ4v) is 2.11. The van der Waals surface area contributed by atoms with Crippen molar-refractivity contribution in [2.24, 2.45) is 11.7 Å². The van der Waals surface area contributed by atoms with Gasteiger partial charge in [0.1, 0.15) is 6.61 Å². The Bertz CT molecular complexity index is 197. The molecule has 2 unspecified atom stereocenters. The first kappa shape index (κ1) is 12.3. The van der Waals surface area contributed by atoms with Gasteiger partial charge in [-0.1, -0.05) is 19.8 Å². The van der Waals surface area contributed by atoms with Crippen LogP contribution in [0.2, 0.25) is 0 Å². The van der Waals surface area contributed by atoms with Crippen molar-refractivity contribution in [3.63, 3.8) is 0 Å². The Morgan fingerprint density at radius 2 is 2.20 bits per heavy atom. The number of ether oxygens (including phenoxy) is 1. The lowest BCUT2D eigenvalue weighted by Gasteiger charge is -2.15. The molecule has 1 saturated carbocycles. The molecule has 1 rings (SSSR count). The molecular weight excluding hydrogens is 192 g/mol. The highest BCUT2D eigenvalue weighted by molar-refractivity contribution is 5.64. The molecule has 1 fully saturated rings. The molecule has 15 heavy (non-hydrogen) atoms. The highest BCUT2D eigenvalue weighted by Crippen LogP contribution is 2.22. The van der Waals surface area contributed by atoms with Gasteiger partial charge in [-0.05, 0) is 25.2 Å². The summed E-state index contributed by atoms with van der Waals surface area (Å²) in [5, 5.41) is 3.40. The van der Waals surface area contributed by atoms with Gasteiger partial charge in [0.2, 0.25) is 0 Å². The summed E-state index contributed by atoms with van der Waals surface area (Å²) >= 11 is 0. The third-order valence-electron chi connectivity index (χ3n) is 3.04. The van der Waals surface area contributed by atoms with Gasteiger partial charge < -0.3 is 15.8 Å². The minimum Gasteiger partial charge on any atom is -0.448 e. The van der Waals surface area contributed by atoms with Gasteiger partial charge >= 0.3 is 6.09 Å². The van der Waals surface area contributed by atoms with Gasteiger partial charge in [-0.2, -0.15) is 0 Å². The maximum absolute atomic E-state index is 10.3. The van der Waals surface area contributed by atoms with Crippen LogP contribution in [0.25, 0.3) is 0 Å². The third-order valence-corrected chi connectivity index (χ3v) is 3.04. The zero-order valence-corrected chi connectivity index (χ0v) is 9.50. The molecule has 88 valence electrons. The molecule has 0 heterocycles. The van der Waals surface area contributed by atoms with E-state index < -0.39 is 6.09 Å². The molecule has 4 nitrogen and oxygen atoms in total.